The fourth-order valence-corrected chi connectivity index (χ4v) is 2.86. The lowest BCUT2D eigenvalue weighted by Crippen LogP contribution is -2.25. The normalized spacial score (nSPS) is 12.6. The highest BCUT2D eigenvalue weighted by Crippen LogP contribution is 2.27. The van der Waals surface area contributed by atoms with Crippen molar-refractivity contribution >= 4 is 23.2 Å². The first-order chi connectivity index (χ1) is 9.65. The van der Waals surface area contributed by atoms with Gasteiger partial charge in [-0.2, -0.15) is 0 Å². The summed E-state index contributed by atoms with van der Waals surface area (Å²) in [5.74, 6) is 0.993. The molecule has 0 amide bonds. The molecule has 0 aliphatic carbocycles. The zero-order valence-corrected chi connectivity index (χ0v) is 13.2. The minimum absolute atomic E-state index is 0.00208. The lowest BCUT2D eigenvalue weighted by atomic mass is 10.1. The molecular formula is C15H19Cl2N3. The summed E-state index contributed by atoms with van der Waals surface area (Å²) in [5.41, 5.74) is 1.04. The highest BCUT2D eigenvalue weighted by atomic mass is 35.5. The number of benzene rings is 1. The second-order valence-electron chi connectivity index (χ2n) is 4.67. The van der Waals surface area contributed by atoms with Crippen LogP contribution in [0.25, 0.3) is 0 Å². The number of rotatable bonds is 6. The Morgan fingerprint density at radius 1 is 1.20 bits per heavy atom. The predicted octanol–water partition coefficient (Wildman–Crippen LogP) is 4.30. The van der Waals surface area contributed by atoms with Gasteiger partial charge in [0, 0.05) is 29.0 Å². The van der Waals surface area contributed by atoms with Crippen LogP contribution in [-0.2, 0) is 6.54 Å². The van der Waals surface area contributed by atoms with Gasteiger partial charge in [0.15, 0.2) is 0 Å². The van der Waals surface area contributed by atoms with Crippen molar-refractivity contribution in [1.29, 1.82) is 0 Å². The molecule has 0 aliphatic rings. The van der Waals surface area contributed by atoms with Gasteiger partial charge >= 0.3 is 0 Å². The summed E-state index contributed by atoms with van der Waals surface area (Å²) in [5, 5.41) is 4.74. The Kier molecular flexibility index (Phi) is 5.46. The highest BCUT2D eigenvalue weighted by molar-refractivity contribution is 6.34. The van der Waals surface area contributed by atoms with Crippen LogP contribution in [0.4, 0.5) is 0 Å². The van der Waals surface area contributed by atoms with E-state index in [0.717, 1.165) is 30.9 Å². The molecule has 1 aromatic carbocycles. The molecule has 1 unspecified atom stereocenters. The average Bonchev–Trinajstić information content (AvgIpc) is 2.83. The van der Waals surface area contributed by atoms with Gasteiger partial charge in [0.2, 0.25) is 0 Å². The van der Waals surface area contributed by atoms with E-state index >= 15 is 0 Å². The summed E-state index contributed by atoms with van der Waals surface area (Å²) >= 11 is 12.2. The van der Waals surface area contributed by atoms with Gasteiger partial charge < -0.3 is 9.88 Å². The Labute approximate surface area is 129 Å². The molecule has 108 valence electrons. The number of hydrogen-bond acceptors (Lipinski definition) is 2. The lowest BCUT2D eigenvalue weighted by Gasteiger charge is -2.20. The summed E-state index contributed by atoms with van der Waals surface area (Å²) in [6.45, 7) is 6.02. The predicted molar refractivity (Wildman–Crippen MR) is 84.5 cm³/mol. The molecule has 2 aromatic rings. The van der Waals surface area contributed by atoms with Crippen LogP contribution in [0.15, 0.2) is 30.6 Å². The summed E-state index contributed by atoms with van der Waals surface area (Å²) in [4.78, 5) is 4.50. The third-order valence-electron chi connectivity index (χ3n) is 3.10. The summed E-state index contributed by atoms with van der Waals surface area (Å²) < 4.78 is 2.17. The minimum atomic E-state index is -0.00208. The van der Waals surface area contributed by atoms with E-state index < -0.39 is 0 Å². The summed E-state index contributed by atoms with van der Waals surface area (Å²) in [7, 11) is 0. The minimum Gasteiger partial charge on any atom is -0.333 e. The summed E-state index contributed by atoms with van der Waals surface area (Å²) in [6.07, 6.45) is 4.91. The van der Waals surface area contributed by atoms with Gasteiger partial charge in [0.25, 0.3) is 0 Å². The SMILES string of the molecule is CCCn1ccnc1C(NCC)c1cc(Cl)cc(Cl)c1. The molecule has 1 heterocycles. The highest BCUT2D eigenvalue weighted by Gasteiger charge is 2.19. The molecule has 3 nitrogen and oxygen atoms in total. The molecule has 0 saturated heterocycles. The van der Waals surface area contributed by atoms with E-state index in [4.69, 9.17) is 23.2 Å². The molecule has 0 bridgehead atoms. The fourth-order valence-electron chi connectivity index (χ4n) is 2.32. The smallest absolute Gasteiger partial charge is 0.130 e. The van der Waals surface area contributed by atoms with Gasteiger partial charge in [0.1, 0.15) is 5.82 Å². The third kappa shape index (κ3) is 3.54. The first-order valence-corrected chi connectivity index (χ1v) is 7.61. The number of halogens is 2. The molecule has 1 atom stereocenters. The van der Waals surface area contributed by atoms with Gasteiger partial charge in [-0.1, -0.05) is 37.0 Å². The van der Waals surface area contributed by atoms with Crippen LogP contribution in [0.3, 0.4) is 0 Å². The van der Waals surface area contributed by atoms with Crippen LogP contribution in [0.1, 0.15) is 37.7 Å². The maximum Gasteiger partial charge on any atom is 0.130 e. The number of nitrogens with one attached hydrogen (secondary N) is 1. The first kappa shape index (κ1) is 15.4. The molecule has 1 N–H and O–H groups in total. The first-order valence-electron chi connectivity index (χ1n) is 6.86. The van der Waals surface area contributed by atoms with Crippen LogP contribution < -0.4 is 5.32 Å². The van der Waals surface area contributed by atoms with E-state index in [1.807, 2.05) is 24.5 Å². The van der Waals surface area contributed by atoms with Crippen molar-refractivity contribution < 1.29 is 0 Å². The topological polar surface area (TPSA) is 29.9 Å². The standard InChI is InChI=1S/C15H19Cl2N3/c1-3-6-20-7-5-19-15(20)14(18-4-2)11-8-12(16)10-13(17)9-11/h5,7-10,14,18H,3-4,6H2,1-2H3. The quantitative estimate of drug-likeness (QED) is 0.862. The Hall–Kier alpha value is -1.03. The van der Waals surface area contributed by atoms with E-state index in [9.17, 15) is 0 Å². The molecule has 0 radical (unpaired) electrons. The van der Waals surface area contributed by atoms with Crippen LogP contribution >= 0.6 is 23.2 Å². The molecule has 0 aliphatic heterocycles. The van der Waals surface area contributed by atoms with Crippen molar-refractivity contribution in [3.8, 4) is 0 Å². The maximum atomic E-state index is 6.12. The van der Waals surface area contributed by atoms with Gasteiger partial charge in [-0.05, 0) is 36.7 Å². The largest absolute Gasteiger partial charge is 0.333 e. The van der Waals surface area contributed by atoms with E-state index in [0.29, 0.717) is 10.0 Å². The lowest BCUT2D eigenvalue weighted by molar-refractivity contribution is 0.544. The van der Waals surface area contributed by atoms with Crippen LogP contribution in [0.5, 0.6) is 0 Å². The third-order valence-corrected chi connectivity index (χ3v) is 3.53. The number of imidazole rings is 1. The molecule has 2 rings (SSSR count). The molecule has 5 heteroatoms. The molecule has 1 aromatic heterocycles. The van der Waals surface area contributed by atoms with Crippen molar-refractivity contribution in [2.75, 3.05) is 6.54 Å². The van der Waals surface area contributed by atoms with Crippen LogP contribution in [-0.4, -0.2) is 16.1 Å². The molecule has 20 heavy (non-hydrogen) atoms. The van der Waals surface area contributed by atoms with Crippen molar-refractivity contribution in [1.82, 2.24) is 14.9 Å². The molecule has 0 saturated carbocycles. The van der Waals surface area contributed by atoms with Gasteiger partial charge in [-0.3, -0.25) is 0 Å². The Morgan fingerprint density at radius 2 is 1.90 bits per heavy atom. The Balaban J connectivity index is 2.41. The van der Waals surface area contributed by atoms with Crippen molar-refractivity contribution in [2.45, 2.75) is 32.9 Å². The van der Waals surface area contributed by atoms with Crippen LogP contribution in [0, 0.1) is 0 Å². The zero-order chi connectivity index (χ0) is 14.5. The number of aryl methyl sites for hydroxylation is 1. The van der Waals surface area contributed by atoms with Gasteiger partial charge in [-0.25, -0.2) is 4.98 Å². The number of nitrogens with zero attached hydrogens (tertiary/aromatic N) is 2. The monoisotopic (exact) mass is 311 g/mol. The second kappa shape index (κ2) is 7.11. The van der Waals surface area contributed by atoms with E-state index in [1.165, 1.54) is 0 Å². The van der Waals surface area contributed by atoms with E-state index in [2.05, 4.69) is 28.7 Å². The second-order valence-corrected chi connectivity index (χ2v) is 5.55. The molecule has 0 spiro atoms. The van der Waals surface area contributed by atoms with E-state index in [-0.39, 0.29) is 6.04 Å². The summed E-state index contributed by atoms with van der Waals surface area (Å²) in [6, 6.07) is 5.61. The van der Waals surface area contributed by atoms with E-state index in [1.54, 1.807) is 6.07 Å². The molecule has 0 fully saturated rings. The van der Waals surface area contributed by atoms with Gasteiger partial charge in [-0.15, -0.1) is 0 Å². The van der Waals surface area contributed by atoms with Crippen molar-refractivity contribution in [3.63, 3.8) is 0 Å². The number of aromatic nitrogens is 2. The van der Waals surface area contributed by atoms with Crippen LogP contribution in [0.2, 0.25) is 10.0 Å². The maximum absolute atomic E-state index is 6.12. The number of hydrogen-bond donors (Lipinski definition) is 1. The van der Waals surface area contributed by atoms with Gasteiger partial charge in [0.05, 0.1) is 6.04 Å². The van der Waals surface area contributed by atoms with Crippen molar-refractivity contribution in [2.24, 2.45) is 0 Å². The van der Waals surface area contributed by atoms with Crippen molar-refractivity contribution in [3.05, 3.63) is 52.0 Å². The fraction of sp³-hybridized carbons (Fsp3) is 0.400. The Bertz CT molecular complexity index is 546. The zero-order valence-electron chi connectivity index (χ0n) is 11.7. The average molecular weight is 312 g/mol. The Morgan fingerprint density at radius 3 is 2.50 bits per heavy atom. The molecular weight excluding hydrogens is 293 g/mol.